The molecule has 1 fully saturated rings. The molecular formula is C22H26N2O3S. The summed E-state index contributed by atoms with van der Waals surface area (Å²) in [7, 11) is 3.96. The second-order valence-electron chi connectivity index (χ2n) is 7.48. The number of aliphatic hydroxyl groups excluding tert-OH is 1. The van der Waals surface area contributed by atoms with Gasteiger partial charge in [0.25, 0.3) is 11.7 Å². The maximum atomic E-state index is 12.9. The van der Waals surface area contributed by atoms with Crippen molar-refractivity contribution in [3.05, 3.63) is 62.9 Å². The molecule has 0 bridgehead atoms. The van der Waals surface area contributed by atoms with Crippen molar-refractivity contribution in [1.82, 2.24) is 9.80 Å². The highest BCUT2D eigenvalue weighted by Gasteiger charge is 2.46. The monoisotopic (exact) mass is 398 g/mol. The number of carbonyl (C=O) groups is 2. The number of thiophene rings is 1. The lowest BCUT2D eigenvalue weighted by atomic mass is 9.96. The van der Waals surface area contributed by atoms with Crippen LogP contribution in [-0.4, -0.2) is 53.8 Å². The van der Waals surface area contributed by atoms with Crippen LogP contribution in [0.15, 0.2) is 41.3 Å². The van der Waals surface area contributed by atoms with Crippen molar-refractivity contribution in [2.75, 3.05) is 27.2 Å². The molecule has 3 rings (SSSR count). The predicted molar refractivity (Wildman–Crippen MR) is 112 cm³/mol. The second-order valence-corrected chi connectivity index (χ2v) is 8.46. The van der Waals surface area contributed by atoms with Gasteiger partial charge in [0.2, 0.25) is 0 Å². The summed E-state index contributed by atoms with van der Waals surface area (Å²) in [6, 6.07) is 9.01. The average molecular weight is 399 g/mol. The maximum Gasteiger partial charge on any atom is 0.295 e. The summed E-state index contributed by atoms with van der Waals surface area (Å²) in [5.41, 5.74) is 2.64. The van der Waals surface area contributed by atoms with Gasteiger partial charge < -0.3 is 14.9 Å². The van der Waals surface area contributed by atoms with E-state index >= 15 is 0 Å². The minimum atomic E-state index is -0.610. The van der Waals surface area contributed by atoms with E-state index in [1.165, 1.54) is 11.3 Å². The SMILES string of the molecule is Cc1ccc(C)c(/C(O)=C2\C(=O)C(=O)N(CCCN(C)C)C2c2cccs2)c1. The van der Waals surface area contributed by atoms with Gasteiger partial charge in [-0.3, -0.25) is 9.59 Å². The van der Waals surface area contributed by atoms with E-state index in [0.717, 1.165) is 29.0 Å². The molecule has 0 spiro atoms. The van der Waals surface area contributed by atoms with E-state index in [1.807, 2.05) is 68.6 Å². The molecule has 2 aromatic rings. The van der Waals surface area contributed by atoms with Crippen LogP contribution in [0.1, 0.15) is 34.0 Å². The zero-order chi connectivity index (χ0) is 20.4. The van der Waals surface area contributed by atoms with Gasteiger partial charge in [-0.05, 0) is 64.0 Å². The molecule has 0 saturated carbocycles. The lowest BCUT2D eigenvalue weighted by Crippen LogP contribution is -2.32. The van der Waals surface area contributed by atoms with E-state index in [9.17, 15) is 14.7 Å². The Hall–Kier alpha value is -2.44. The third kappa shape index (κ3) is 3.88. The number of rotatable bonds is 6. The third-order valence-electron chi connectivity index (χ3n) is 5.01. The number of hydrogen-bond acceptors (Lipinski definition) is 5. The molecular weight excluding hydrogens is 372 g/mol. The first-order valence-corrected chi connectivity index (χ1v) is 10.2. The van der Waals surface area contributed by atoms with Gasteiger partial charge in [-0.15, -0.1) is 11.3 Å². The molecule has 1 unspecified atom stereocenters. The molecule has 1 amide bonds. The van der Waals surface area contributed by atoms with Crippen LogP contribution in [-0.2, 0) is 9.59 Å². The van der Waals surface area contributed by atoms with E-state index in [0.29, 0.717) is 12.1 Å². The molecule has 1 aromatic carbocycles. The molecule has 1 N–H and O–H groups in total. The summed E-state index contributed by atoms with van der Waals surface area (Å²) in [5, 5.41) is 13.0. The molecule has 5 nitrogen and oxygen atoms in total. The molecule has 2 heterocycles. The van der Waals surface area contributed by atoms with Crippen molar-refractivity contribution >= 4 is 28.8 Å². The Balaban J connectivity index is 2.09. The topological polar surface area (TPSA) is 60.9 Å². The molecule has 1 saturated heterocycles. The number of amides is 1. The van der Waals surface area contributed by atoms with Gasteiger partial charge in [-0.2, -0.15) is 0 Å². The van der Waals surface area contributed by atoms with Crippen molar-refractivity contribution in [3.63, 3.8) is 0 Å². The number of aryl methyl sites for hydroxylation is 2. The lowest BCUT2D eigenvalue weighted by molar-refractivity contribution is -0.139. The van der Waals surface area contributed by atoms with Crippen molar-refractivity contribution in [2.24, 2.45) is 0 Å². The fourth-order valence-corrected chi connectivity index (χ4v) is 4.39. The summed E-state index contributed by atoms with van der Waals surface area (Å²) in [6.07, 6.45) is 0.755. The Morgan fingerprint density at radius 2 is 1.96 bits per heavy atom. The van der Waals surface area contributed by atoms with E-state index in [1.54, 1.807) is 4.90 Å². The smallest absolute Gasteiger partial charge is 0.295 e. The number of carbonyl (C=O) groups excluding carboxylic acids is 2. The van der Waals surface area contributed by atoms with Gasteiger partial charge in [0.15, 0.2) is 0 Å². The number of hydrogen-bond donors (Lipinski definition) is 1. The maximum absolute atomic E-state index is 12.9. The van der Waals surface area contributed by atoms with E-state index < -0.39 is 17.7 Å². The summed E-state index contributed by atoms with van der Waals surface area (Å²) in [6.45, 7) is 5.11. The molecule has 1 aliphatic rings. The first-order chi connectivity index (χ1) is 13.3. The van der Waals surface area contributed by atoms with E-state index in [4.69, 9.17) is 0 Å². The number of aliphatic hydroxyl groups is 1. The van der Waals surface area contributed by atoms with Crippen LogP contribution < -0.4 is 0 Å². The van der Waals surface area contributed by atoms with Crippen molar-refractivity contribution < 1.29 is 14.7 Å². The Bertz CT molecular complexity index is 916. The zero-order valence-corrected chi connectivity index (χ0v) is 17.5. The largest absolute Gasteiger partial charge is 0.507 e. The Morgan fingerprint density at radius 1 is 1.21 bits per heavy atom. The molecule has 6 heteroatoms. The van der Waals surface area contributed by atoms with Crippen molar-refractivity contribution in [3.8, 4) is 0 Å². The molecule has 1 aliphatic heterocycles. The number of nitrogens with zero attached hydrogens (tertiary/aromatic N) is 2. The van der Waals surface area contributed by atoms with Crippen LogP contribution in [0.2, 0.25) is 0 Å². The number of ketones is 1. The molecule has 0 radical (unpaired) electrons. The van der Waals surface area contributed by atoms with Gasteiger partial charge in [0, 0.05) is 17.0 Å². The van der Waals surface area contributed by atoms with Crippen molar-refractivity contribution in [1.29, 1.82) is 0 Å². The summed E-state index contributed by atoms with van der Waals surface area (Å²) < 4.78 is 0. The van der Waals surface area contributed by atoms with Crippen LogP contribution in [0.4, 0.5) is 0 Å². The highest BCUT2D eigenvalue weighted by molar-refractivity contribution is 7.10. The first kappa shape index (κ1) is 20.3. The van der Waals surface area contributed by atoms with Crippen molar-refractivity contribution in [2.45, 2.75) is 26.3 Å². The normalized spacial score (nSPS) is 19.0. The molecule has 1 aromatic heterocycles. The van der Waals surface area contributed by atoms with Crippen LogP contribution in [0.25, 0.3) is 5.76 Å². The highest BCUT2D eigenvalue weighted by atomic mass is 32.1. The Morgan fingerprint density at radius 3 is 2.61 bits per heavy atom. The standard InChI is InChI=1S/C22H26N2O3S/c1-14-8-9-15(2)16(13-14)20(25)18-19(17-7-5-12-28-17)24(22(27)21(18)26)11-6-10-23(3)4/h5,7-9,12-13,19,25H,6,10-11H2,1-4H3/b20-18+. The van der Waals surface area contributed by atoms with Crippen LogP contribution >= 0.6 is 11.3 Å². The fourth-order valence-electron chi connectivity index (χ4n) is 3.55. The molecule has 28 heavy (non-hydrogen) atoms. The molecule has 148 valence electrons. The molecule has 1 atom stereocenters. The molecule has 0 aliphatic carbocycles. The Kier molecular flexibility index (Phi) is 6.01. The van der Waals surface area contributed by atoms with Gasteiger partial charge in [-0.25, -0.2) is 0 Å². The third-order valence-corrected chi connectivity index (χ3v) is 5.93. The lowest BCUT2D eigenvalue weighted by Gasteiger charge is -2.24. The number of likely N-dealkylation sites (tertiary alicyclic amines) is 1. The fraction of sp³-hybridized carbons (Fsp3) is 0.364. The van der Waals surface area contributed by atoms with Gasteiger partial charge in [0.1, 0.15) is 5.76 Å². The first-order valence-electron chi connectivity index (χ1n) is 9.35. The quantitative estimate of drug-likeness (QED) is 0.457. The minimum Gasteiger partial charge on any atom is -0.507 e. The van der Waals surface area contributed by atoms with Crippen LogP contribution in [0.5, 0.6) is 0 Å². The van der Waals surface area contributed by atoms with E-state index in [2.05, 4.69) is 0 Å². The number of Topliss-reactive ketones (excluding diaryl/α,β-unsaturated/α-hetero) is 1. The zero-order valence-electron chi connectivity index (χ0n) is 16.7. The minimum absolute atomic E-state index is 0.0898. The van der Waals surface area contributed by atoms with Gasteiger partial charge in [0.05, 0.1) is 11.6 Å². The predicted octanol–water partition coefficient (Wildman–Crippen LogP) is 3.74. The average Bonchev–Trinajstić information content (AvgIpc) is 3.25. The summed E-state index contributed by atoms with van der Waals surface area (Å²) in [5.74, 6) is -1.24. The highest BCUT2D eigenvalue weighted by Crippen LogP contribution is 2.41. The summed E-state index contributed by atoms with van der Waals surface area (Å²) >= 11 is 1.49. The van der Waals surface area contributed by atoms with Crippen LogP contribution in [0.3, 0.4) is 0 Å². The number of benzene rings is 1. The van der Waals surface area contributed by atoms with E-state index in [-0.39, 0.29) is 11.3 Å². The van der Waals surface area contributed by atoms with Crippen LogP contribution in [0, 0.1) is 13.8 Å². The Labute approximate surface area is 169 Å². The second kappa shape index (κ2) is 8.29. The van der Waals surface area contributed by atoms with Gasteiger partial charge in [-0.1, -0.05) is 23.8 Å². The van der Waals surface area contributed by atoms with Gasteiger partial charge >= 0.3 is 0 Å². The summed E-state index contributed by atoms with van der Waals surface area (Å²) in [4.78, 5) is 30.3.